The first kappa shape index (κ1) is 16.5. The monoisotopic (exact) mass is 406 g/mol. The van der Waals surface area contributed by atoms with Crippen molar-refractivity contribution >= 4 is 38.4 Å². The number of nitrogens with zero attached hydrogens (tertiary/aromatic N) is 3. The molecule has 1 amide bonds. The van der Waals surface area contributed by atoms with Gasteiger partial charge < -0.3 is 5.32 Å². The predicted octanol–water partition coefficient (Wildman–Crippen LogP) is 4.49. The quantitative estimate of drug-likeness (QED) is 0.542. The summed E-state index contributed by atoms with van der Waals surface area (Å²) in [5, 5.41) is 9.63. The first-order valence-corrected chi connectivity index (χ1v) is 8.90. The normalized spacial score (nSPS) is 10.8. The van der Waals surface area contributed by atoms with Crippen molar-refractivity contribution in [2.75, 3.05) is 5.32 Å². The second kappa shape index (κ2) is 7.09. The number of fused-ring (bicyclic) bond motifs is 1. The molecule has 0 atom stereocenters. The Morgan fingerprint density at radius 1 is 1.08 bits per heavy atom. The predicted molar refractivity (Wildman–Crippen MR) is 105 cm³/mol. The maximum Gasteiger partial charge on any atom is 0.258 e. The van der Waals surface area contributed by atoms with Crippen molar-refractivity contribution in [3.8, 4) is 0 Å². The van der Waals surface area contributed by atoms with E-state index in [2.05, 4.69) is 55.6 Å². The van der Waals surface area contributed by atoms with Crippen LogP contribution in [0.1, 0.15) is 15.9 Å². The molecule has 1 N–H and O–H groups in total. The Morgan fingerprint density at radius 2 is 1.92 bits per heavy atom. The van der Waals surface area contributed by atoms with Crippen molar-refractivity contribution in [3.63, 3.8) is 0 Å². The highest BCUT2D eigenvalue weighted by atomic mass is 79.9. The minimum atomic E-state index is -0.224. The van der Waals surface area contributed by atoms with Gasteiger partial charge in [-0.25, -0.2) is 4.68 Å². The van der Waals surface area contributed by atoms with Crippen LogP contribution in [0.25, 0.3) is 10.8 Å². The number of hydrogen-bond acceptors (Lipinski definition) is 3. The summed E-state index contributed by atoms with van der Waals surface area (Å²) in [5.41, 5.74) is 1.63. The molecule has 0 aliphatic carbocycles. The van der Waals surface area contributed by atoms with Crippen LogP contribution in [0.2, 0.25) is 0 Å². The van der Waals surface area contributed by atoms with Crippen molar-refractivity contribution < 1.29 is 4.79 Å². The SMILES string of the molecule is O=C(Nc1ccnn1Cc1cccc2ccccc12)c1cncc(Br)c1. The number of rotatable bonds is 4. The number of carbonyl (C=O) groups is 1. The van der Waals surface area contributed by atoms with Gasteiger partial charge in [0, 0.05) is 22.9 Å². The minimum Gasteiger partial charge on any atom is -0.307 e. The van der Waals surface area contributed by atoms with Crippen LogP contribution in [0, 0.1) is 0 Å². The first-order valence-electron chi connectivity index (χ1n) is 8.11. The first-order chi connectivity index (χ1) is 12.7. The van der Waals surface area contributed by atoms with Crippen molar-refractivity contribution in [2.45, 2.75) is 6.54 Å². The van der Waals surface area contributed by atoms with Gasteiger partial charge in [-0.1, -0.05) is 42.5 Å². The second-order valence-corrected chi connectivity index (χ2v) is 6.77. The zero-order valence-corrected chi connectivity index (χ0v) is 15.3. The Bertz CT molecular complexity index is 1080. The molecule has 4 rings (SSSR count). The third-order valence-electron chi connectivity index (χ3n) is 4.13. The summed E-state index contributed by atoms with van der Waals surface area (Å²) in [7, 11) is 0. The Kier molecular flexibility index (Phi) is 4.50. The molecule has 0 saturated carbocycles. The van der Waals surface area contributed by atoms with Gasteiger partial charge in [0.2, 0.25) is 0 Å². The topological polar surface area (TPSA) is 59.8 Å². The minimum absolute atomic E-state index is 0.224. The lowest BCUT2D eigenvalue weighted by Crippen LogP contribution is -2.16. The molecule has 0 spiro atoms. The lowest BCUT2D eigenvalue weighted by Gasteiger charge is -2.11. The maximum absolute atomic E-state index is 12.5. The number of nitrogens with one attached hydrogen (secondary N) is 1. The van der Waals surface area contributed by atoms with E-state index in [-0.39, 0.29) is 5.91 Å². The zero-order valence-electron chi connectivity index (χ0n) is 13.8. The number of anilines is 1. The van der Waals surface area contributed by atoms with Crippen LogP contribution >= 0.6 is 15.9 Å². The fraction of sp³-hybridized carbons (Fsp3) is 0.0500. The molecule has 2 aromatic heterocycles. The standard InChI is InChI=1S/C20H15BrN4O/c21-17-10-16(11-22-12-17)20(26)24-19-8-9-23-25(19)13-15-6-3-5-14-4-1-2-7-18(14)15/h1-12H,13H2,(H,24,26). The van der Waals surface area contributed by atoms with Gasteiger partial charge in [0.1, 0.15) is 5.82 Å². The summed E-state index contributed by atoms with van der Waals surface area (Å²) in [4.78, 5) is 16.5. The van der Waals surface area contributed by atoms with Gasteiger partial charge in [-0.3, -0.25) is 9.78 Å². The van der Waals surface area contributed by atoms with Crippen LogP contribution in [-0.2, 0) is 6.54 Å². The third kappa shape index (κ3) is 3.36. The van der Waals surface area contributed by atoms with Crippen molar-refractivity contribution in [2.24, 2.45) is 0 Å². The molecule has 0 radical (unpaired) electrons. The highest BCUT2D eigenvalue weighted by molar-refractivity contribution is 9.10. The van der Waals surface area contributed by atoms with E-state index < -0.39 is 0 Å². The number of benzene rings is 2. The van der Waals surface area contributed by atoms with Gasteiger partial charge in [-0.2, -0.15) is 5.10 Å². The smallest absolute Gasteiger partial charge is 0.258 e. The van der Waals surface area contributed by atoms with Crippen LogP contribution in [-0.4, -0.2) is 20.7 Å². The number of pyridine rings is 1. The molecule has 5 nitrogen and oxygen atoms in total. The van der Waals surface area contributed by atoms with Gasteiger partial charge in [-0.15, -0.1) is 0 Å². The summed E-state index contributed by atoms with van der Waals surface area (Å²) in [6, 6.07) is 18.0. The summed E-state index contributed by atoms with van der Waals surface area (Å²) in [6.45, 7) is 0.570. The molecular weight excluding hydrogens is 392 g/mol. The Morgan fingerprint density at radius 3 is 2.81 bits per heavy atom. The molecule has 0 fully saturated rings. The van der Waals surface area contributed by atoms with Crippen molar-refractivity contribution in [3.05, 3.63) is 88.8 Å². The average molecular weight is 407 g/mol. The third-order valence-corrected chi connectivity index (χ3v) is 4.56. The highest BCUT2D eigenvalue weighted by Crippen LogP contribution is 2.21. The number of carbonyl (C=O) groups excluding carboxylic acids is 1. The van der Waals surface area contributed by atoms with Gasteiger partial charge in [0.05, 0.1) is 18.3 Å². The molecule has 2 heterocycles. The molecule has 0 aliphatic rings. The molecule has 4 aromatic rings. The van der Waals surface area contributed by atoms with E-state index in [0.717, 1.165) is 10.0 Å². The summed E-state index contributed by atoms with van der Waals surface area (Å²) in [6.07, 6.45) is 4.85. The van der Waals surface area contributed by atoms with E-state index in [9.17, 15) is 4.79 Å². The molecule has 6 heteroatoms. The summed E-state index contributed by atoms with van der Waals surface area (Å²) < 4.78 is 2.54. The van der Waals surface area contributed by atoms with Gasteiger partial charge in [0.15, 0.2) is 0 Å². The van der Waals surface area contributed by atoms with E-state index >= 15 is 0 Å². The lowest BCUT2D eigenvalue weighted by molar-refractivity contribution is 0.102. The van der Waals surface area contributed by atoms with Crippen LogP contribution in [0.3, 0.4) is 0 Å². The fourth-order valence-corrected chi connectivity index (χ4v) is 3.25. The molecule has 0 unspecified atom stereocenters. The largest absolute Gasteiger partial charge is 0.307 e. The van der Waals surface area contributed by atoms with Crippen molar-refractivity contribution in [1.82, 2.24) is 14.8 Å². The Hall–Kier alpha value is -2.99. The molecule has 26 heavy (non-hydrogen) atoms. The van der Waals surface area contributed by atoms with E-state index in [1.165, 1.54) is 17.0 Å². The second-order valence-electron chi connectivity index (χ2n) is 5.86. The van der Waals surface area contributed by atoms with Gasteiger partial charge >= 0.3 is 0 Å². The van der Waals surface area contributed by atoms with Crippen LogP contribution in [0.5, 0.6) is 0 Å². The molecule has 2 aromatic carbocycles. The van der Waals surface area contributed by atoms with Crippen LogP contribution in [0.4, 0.5) is 5.82 Å². The summed E-state index contributed by atoms with van der Waals surface area (Å²) in [5.74, 6) is 0.418. The van der Waals surface area contributed by atoms with E-state index in [1.54, 1.807) is 29.2 Å². The average Bonchev–Trinajstić information content (AvgIpc) is 3.09. The van der Waals surface area contributed by atoms with Crippen LogP contribution in [0.15, 0.2) is 77.7 Å². The Labute approximate surface area is 158 Å². The number of hydrogen-bond donors (Lipinski definition) is 1. The molecule has 0 aliphatic heterocycles. The van der Waals surface area contributed by atoms with Crippen molar-refractivity contribution in [1.29, 1.82) is 0 Å². The van der Waals surface area contributed by atoms with E-state index in [1.807, 2.05) is 18.2 Å². The fourth-order valence-electron chi connectivity index (χ4n) is 2.88. The number of halogens is 1. The number of amides is 1. The lowest BCUT2D eigenvalue weighted by atomic mass is 10.0. The van der Waals surface area contributed by atoms with E-state index in [0.29, 0.717) is 17.9 Å². The molecule has 128 valence electrons. The molecule has 0 saturated heterocycles. The highest BCUT2D eigenvalue weighted by Gasteiger charge is 2.11. The van der Waals surface area contributed by atoms with E-state index in [4.69, 9.17) is 0 Å². The Balaban J connectivity index is 1.60. The number of aromatic nitrogens is 3. The van der Waals surface area contributed by atoms with Gasteiger partial charge in [-0.05, 0) is 38.3 Å². The van der Waals surface area contributed by atoms with Crippen LogP contribution < -0.4 is 5.32 Å². The van der Waals surface area contributed by atoms with Gasteiger partial charge in [0.25, 0.3) is 5.91 Å². The maximum atomic E-state index is 12.5. The molecule has 0 bridgehead atoms. The molecular formula is C20H15BrN4O. The summed E-state index contributed by atoms with van der Waals surface area (Å²) >= 11 is 3.33. The zero-order chi connectivity index (χ0) is 17.9.